The van der Waals surface area contributed by atoms with E-state index in [0.717, 1.165) is 25.7 Å². The Morgan fingerprint density at radius 2 is 2.14 bits per heavy atom. The fourth-order valence-corrected chi connectivity index (χ4v) is 0.920. The number of nitrogens with one attached hydrogen (secondary N) is 2. The van der Waals surface area contributed by atoms with Crippen molar-refractivity contribution < 1.29 is 26.6 Å². The van der Waals surface area contributed by atoms with Gasteiger partial charge < -0.3 is 17.5 Å². The molecule has 0 saturated heterocycles. The van der Waals surface area contributed by atoms with E-state index in [2.05, 4.69) is 10.3 Å². The van der Waals surface area contributed by atoms with Crippen molar-refractivity contribution in [3.8, 4) is 0 Å². The van der Waals surface area contributed by atoms with Gasteiger partial charge in [0.25, 0.3) is 0 Å². The zero-order valence-corrected chi connectivity index (χ0v) is 10.2. The molecule has 0 spiro atoms. The average molecular weight is 243 g/mol. The maximum absolute atomic E-state index is 10.2. The van der Waals surface area contributed by atoms with Crippen LogP contribution in [0, 0.1) is 14.0 Å². The molecule has 3 nitrogen and oxygen atoms in total. The Morgan fingerprint density at radius 1 is 1.50 bits per heavy atom. The van der Waals surface area contributed by atoms with Crippen LogP contribution >= 0.6 is 0 Å². The zero-order valence-electron chi connectivity index (χ0n) is 9.15. The molecule has 0 aliphatic carbocycles. The first-order valence-corrected chi connectivity index (χ1v) is 4.25. The van der Waals surface area contributed by atoms with E-state index in [9.17, 15) is 4.79 Å². The van der Waals surface area contributed by atoms with Crippen LogP contribution in [0.4, 0.5) is 0 Å². The van der Waals surface area contributed by atoms with E-state index in [1.165, 1.54) is 0 Å². The van der Waals surface area contributed by atoms with Gasteiger partial charge in [0.2, 0.25) is 0 Å². The summed E-state index contributed by atoms with van der Waals surface area (Å²) >= 11 is 0. The van der Waals surface area contributed by atoms with Crippen molar-refractivity contribution in [1.82, 2.24) is 5.32 Å². The Bertz CT molecular complexity index is 149. The molecule has 0 aromatic heterocycles. The number of hydrogen-bond acceptors (Lipinski definition) is 2. The number of unbranched alkanes of at least 4 members (excludes halogenated alkanes) is 2. The third kappa shape index (κ3) is 11.8. The van der Waals surface area contributed by atoms with Crippen molar-refractivity contribution in [2.24, 2.45) is 0 Å². The Balaban J connectivity index is -0.000000605. The first-order valence-electron chi connectivity index (χ1n) is 4.25. The summed E-state index contributed by atoms with van der Waals surface area (Å²) in [6, 6.07) is 0. The summed E-state index contributed by atoms with van der Waals surface area (Å²) in [4.78, 5) is 13.0. The maximum atomic E-state index is 10.2. The topological polar surface area (TPSA) is 43.1 Å². The van der Waals surface area contributed by atoms with Crippen LogP contribution < -0.4 is 10.3 Å². The second-order valence-electron chi connectivity index (χ2n) is 2.57. The molecule has 0 aliphatic heterocycles. The summed E-state index contributed by atoms with van der Waals surface area (Å²) in [5.74, 6) is 0. The fraction of sp³-hybridized carbons (Fsp3) is 0.600. The largest absolute Gasteiger partial charge is 2.00 e. The minimum Gasteiger partial charge on any atom is -0.532 e. The molecule has 0 fully saturated rings. The standard InChI is InChI=1S/C9H16N2O.CH3.Co/c1-10-7-5-3-4-6-9(8-12)11-2;;/h7,10H,3-6H2,1-2H3;1H3;/q-2;-1;+2/p+1. The van der Waals surface area contributed by atoms with E-state index >= 15 is 0 Å². The predicted octanol–water partition coefficient (Wildman–Crippen LogP) is -0.363. The summed E-state index contributed by atoms with van der Waals surface area (Å²) < 4.78 is 0. The fourth-order valence-electron chi connectivity index (χ4n) is 0.920. The molecule has 0 unspecified atom stereocenters. The van der Waals surface area contributed by atoms with E-state index < -0.39 is 0 Å². The van der Waals surface area contributed by atoms with Gasteiger partial charge in [0.15, 0.2) is 0 Å². The molecule has 0 aromatic carbocycles. The van der Waals surface area contributed by atoms with Crippen LogP contribution in [-0.4, -0.2) is 26.1 Å². The van der Waals surface area contributed by atoms with E-state index in [0.29, 0.717) is 5.71 Å². The maximum Gasteiger partial charge on any atom is 2.00 e. The molecule has 0 bridgehead atoms. The van der Waals surface area contributed by atoms with Gasteiger partial charge in [-0.25, -0.2) is 0 Å². The van der Waals surface area contributed by atoms with Crippen LogP contribution in [0.15, 0.2) is 0 Å². The third-order valence-corrected chi connectivity index (χ3v) is 1.65. The van der Waals surface area contributed by atoms with Gasteiger partial charge in [-0.15, -0.1) is 0 Å². The van der Waals surface area contributed by atoms with Crippen molar-refractivity contribution in [1.29, 1.82) is 0 Å². The van der Waals surface area contributed by atoms with Crippen LogP contribution in [0.5, 0.6) is 0 Å². The van der Waals surface area contributed by atoms with Gasteiger partial charge in [-0.3, -0.25) is 11.5 Å². The number of hydrogen-bond donors (Lipinski definition) is 2. The third-order valence-electron chi connectivity index (χ3n) is 1.65. The van der Waals surface area contributed by atoms with E-state index in [1.54, 1.807) is 7.05 Å². The molecule has 4 heteroatoms. The smallest absolute Gasteiger partial charge is 0.532 e. The first-order chi connectivity index (χ1) is 5.85. The Kier molecular flexibility index (Phi) is 21.2. The molecule has 0 aliphatic rings. The molecule has 0 heterocycles. The number of carbonyl (C=O) groups excluding carboxylic acids is 1. The van der Waals surface area contributed by atoms with E-state index in [-0.39, 0.29) is 24.2 Å². The van der Waals surface area contributed by atoms with Crippen molar-refractivity contribution in [2.75, 3.05) is 14.1 Å². The molecule has 2 N–H and O–H groups in total. The van der Waals surface area contributed by atoms with Crippen LogP contribution in [-0.2, 0) is 21.6 Å². The zero-order chi connectivity index (χ0) is 9.23. The SMILES string of the molecule is CN[CH-]CCCCC([C-]=O)=[NH+]C.[CH3-].[Co+2]. The van der Waals surface area contributed by atoms with Gasteiger partial charge in [-0.2, -0.15) is 12.7 Å². The van der Waals surface area contributed by atoms with Gasteiger partial charge >= 0.3 is 16.8 Å². The summed E-state index contributed by atoms with van der Waals surface area (Å²) in [5, 5.41) is 2.96. The molecule has 85 valence electrons. The number of rotatable bonds is 7. The van der Waals surface area contributed by atoms with E-state index in [4.69, 9.17) is 0 Å². The minimum absolute atomic E-state index is 0. The average Bonchev–Trinajstić information content (AvgIpc) is 2.11. The van der Waals surface area contributed by atoms with Crippen molar-refractivity contribution in [3.05, 3.63) is 14.0 Å². The second-order valence-corrected chi connectivity index (χ2v) is 2.57. The van der Waals surface area contributed by atoms with Gasteiger partial charge in [0.05, 0.1) is 0 Å². The Labute approximate surface area is 98.0 Å². The predicted molar refractivity (Wildman–Crippen MR) is 55.8 cm³/mol. The summed E-state index contributed by atoms with van der Waals surface area (Å²) in [7, 11) is 3.64. The molecule has 0 saturated carbocycles. The Hall–Kier alpha value is -0.194. The quantitative estimate of drug-likeness (QED) is 0.364. The van der Waals surface area contributed by atoms with Crippen LogP contribution in [0.2, 0.25) is 0 Å². The van der Waals surface area contributed by atoms with Crippen molar-refractivity contribution in [3.63, 3.8) is 0 Å². The first kappa shape index (κ1) is 19.4. The molecule has 1 radical (unpaired) electrons. The van der Waals surface area contributed by atoms with E-state index in [1.807, 2.05) is 19.9 Å². The van der Waals surface area contributed by atoms with Crippen molar-refractivity contribution >= 4 is 12.0 Å². The summed E-state index contributed by atoms with van der Waals surface area (Å²) in [6.45, 7) is 2.02. The van der Waals surface area contributed by atoms with Crippen LogP contribution in [0.3, 0.4) is 0 Å². The van der Waals surface area contributed by atoms with Gasteiger partial charge in [0, 0.05) is 5.71 Å². The summed E-state index contributed by atoms with van der Waals surface area (Å²) in [5.41, 5.74) is 0.666. The van der Waals surface area contributed by atoms with Crippen molar-refractivity contribution in [2.45, 2.75) is 25.7 Å². The molecule has 14 heavy (non-hydrogen) atoms. The molecular formula is C10H20CoN2O. The molecule has 0 rings (SSSR count). The minimum atomic E-state index is 0. The monoisotopic (exact) mass is 243 g/mol. The second kappa shape index (κ2) is 15.3. The molecular weight excluding hydrogens is 223 g/mol. The van der Waals surface area contributed by atoms with Crippen LogP contribution in [0.1, 0.15) is 25.7 Å². The Morgan fingerprint density at radius 3 is 2.57 bits per heavy atom. The van der Waals surface area contributed by atoms with Crippen LogP contribution in [0.25, 0.3) is 0 Å². The van der Waals surface area contributed by atoms with Gasteiger partial charge in [0.1, 0.15) is 7.05 Å². The molecule has 0 amide bonds. The van der Waals surface area contributed by atoms with Gasteiger partial charge in [-0.05, 0) is 19.9 Å². The normalized spacial score (nSPS) is 10.0. The molecule has 0 aromatic rings. The summed E-state index contributed by atoms with van der Waals surface area (Å²) in [6.07, 6.45) is 5.86. The van der Waals surface area contributed by atoms with Gasteiger partial charge in [-0.1, -0.05) is 6.42 Å². The molecule has 0 atom stereocenters.